The number of aliphatic hydroxyl groups excluding tert-OH is 1. The molecule has 27 heavy (non-hydrogen) atoms. The van der Waals surface area contributed by atoms with Crippen molar-refractivity contribution in [3.63, 3.8) is 0 Å². The number of benzene rings is 1. The fourth-order valence-electron chi connectivity index (χ4n) is 5.85. The van der Waals surface area contributed by atoms with E-state index in [9.17, 15) is 5.11 Å². The van der Waals surface area contributed by atoms with Gasteiger partial charge >= 0.3 is 0 Å². The maximum atomic E-state index is 10.7. The van der Waals surface area contributed by atoms with Gasteiger partial charge in [0.05, 0.1) is 0 Å². The SMILES string of the molecule is CC(C)NCCOc1ccc2c3c1O[C@H]1[C@@H](O)C=C[C@H]4[C@@H](C2)N(C)CC[C@@]341. The Morgan fingerprint density at radius 1 is 1.37 bits per heavy atom. The molecule has 2 aliphatic carbocycles. The molecule has 0 unspecified atom stereocenters. The Labute approximate surface area is 161 Å². The van der Waals surface area contributed by atoms with Crippen LogP contribution in [0.5, 0.6) is 11.5 Å². The average molecular weight is 370 g/mol. The van der Waals surface area contributed by atoms with Crippen LogP contribution in [0, 0.1) is 5.92 Å². The van der Waals surface area contributed by atoms with Gasteiger partial charge in [-0.25, -0.2) is 0 Å². The molecule has 5 nitrogen and oxygen atoms in total. The number of piperidine rings is 1. The van der Waals surface area contributed by atoms with Crippen LogP contribution in [-0.2, 0) is 11.8 Å². The van der Waals surface area contributed by atoms with Crippen molar-refractivity contribution < 1.29 is 14.6 Å². The molecule has 1 saturated heterocycles. The summed E-state index contributed by atoms with van der Waals surface area (Å²) in [4.78, 5) is 2.48. The van der Waals surface area contributed by atoms with Gasteiger partial charge in [0.2, 0.25) is 0 Å². The highest BCUT2D eigenvalue weighted by molar-refractivity contribution is 5.62. The van der Waals surface area contributed by atoms with Crippen LogP contribution < -0.4 is 14.8 Å². The number of likely N-dealkylation sites (tertiary alicyclic amines) is 1. The predicted octanol–water partition coefficient (Wildman–Crippen LogP) is 1.87. The van der Waals surface area contributed by atoms with Crippen LogP contribution in [0.3, 0.4) is 0 Å². The smallest absolute Gasteiger partial charge is 0.165 e. The molecule has 5 heteroatoms. The van der Waals surface area contributed by atoms with E-state index in [1.54, 1.807) is 0 Å². The zero-order valence-electron chi connectivity index (χ0n) is 16.4. The highest BCUT2D eigenvalue weighted by Crippen LogP contribution is 2.62. The molecule has 5 rings (SSSR count). The van der Waals surface area contributed by atoms with Crippen LogP contribution in [0.15, 0.2) is 24.3 Å². The van der Waals surface area contributed by atoms with Gasteiger partial charge in [-0.1, -0.05) is 32.1 Å². The lowest BCUT2D eigenvalue weighted by Crippen LogP contribution is -2.64. The molecule has 0 aromatic heterocycles. The van der Waals surface area contributed by atoms with E-state index in [1.807, 2.05) is 6.08 Å². The molecule has 1 aromatic rings. The average Bonchev–Trinajstić information content (AvgIpc) is 2.99. The maximum absolute atomic E-state index is 10.7. The topological polar surface area (TPSA) is 54.0 Å². The summed E-state index contributed by atoms with van der Waals surface area (Å²) in [5.74, 6) is 2.11. The zero-order chi connectivity index (χ0) is 18.8. The van der Waals surface area contributed by atoms with Crippen LogP contribution in [0.1, 0.15) is 31.4 Å². The second-order valence-corrected chi connectivity index (χ2v) is 8.87. The molecule has 1 spiro atoms. The summed E-state index contributed by atoms with van der Waals surface area (Å²) in [6, 6.07) is 5.22. The largest absolute Gasteiger partial charge is 0.488 e. The summed E-state index contributed by atoms with van der Waals surface area (Å²) >= 11 is 0. The van der Waals surface area contributed by atoms with E-state index in [-0.39, 0.29) is 11.5 Å². The summed E-state index contributed by atoms with van der Waals surface area (Å²) in [5.41, 5.74) is 2.58. The van der Waals surface area contributed by atoms with Gasteiger partial charge in [0.15, 0.2) is 11.5 Å². The van der Waals surface area contributed by atoms with Crippen molar-refractivity contribution in [2.45, 2.75) is 56.4 Å². The van der Waals surface area contributed by atoms with Gasteiger partial charge in [0.1, 0.15) is 18.8 Å². The summed E-state index contributed by atoms with van der Waals surface area (Å²) in [6.07, 6.45) is 5.51. The summed E-state index contributed by atoms with van der Waals surface area (Å²) in [6.45, 7) is 6.74. The number of aliphatic hydroxyl groups is 1. The normalized spacial score (nSPS) is 35.9. The van der Waals surface area contributed by atoms with Gasteiger partial charge in [0.25, 0.3) is 0 Å². The van der Waals surface area contributed by atoms with Crippen molar-refractivity contribution in [2.24, 2.45) is 5.92 Å². The van der Waals surface area contributed by atoms with E-state index in [0.717, 1.165) is 37.4 Å². The molecule has 5 atom stereocenters. The molecule has 1 aromatic carbocycles. The third-order valence-corrected chi connectivity index (χ3v) is 7.05. The molecule has 1 fully saturated rings. The first kappa shape index (κ1) is 17.5. The molecule has 2 aliphatic heterocycles. The Hall–Kier alpha value is -1.56. The number of likely N-dealkylation sites (N-methyl/N-ethyl adjacent to an activating group) is 1. The van der Waals surface area contributed by atoms with Gasteiger partial charge in [0, 0.05) is 35.5 Å². The molecule has 0 radical (unpaired) electrons. The first-order valence-electron chi connectivity index (χ1n) is 10.3. The van der Waals surface area contributed by atoms with Crippen molar-refractivity contribution in [2.75, 3.05) is 26.7 Å². The molecule has 2 heterocycles. The predicted molar refractivity (Wildman–Crippen MR) is 105 cm³/mol. The maximum Gasteiger partial charge on any atom is 0.165 e. The lowest BCUT2D eigenvalue weighted by molar-refractivity contribution is -0.0454. The van der Waals surface area contributed by atoms with E-state index < -0.39 is 6.10 Å². The lowest BCUT2D eigenvalue weighted by Gasteiger charge is -2.56. The van der Waals surface area contributed by atoms with Crippen LogP contribution in [-0.4, -0.2) is 61.0 Å². The minimum atomic E-state index is -0.556. The van der Waals surface area contributed by atoms with E-state index in [0.29, 0.717) is 24.6 Å². The first-order chi connectivity index (χ1) is 13.0. The first-order valence-corrected chi connectivity index (χ1v) is 10.3. The summed E-state index contributed by atoms with van der Waals surface area (Å²) in [7, 11) is 2.23. The van der Waals surface area contributed by atoms with Crippen molar-refractivity contribution in [1.82, 2.24) is 10.2 Å². The van der Waals surface area contributed by atoms with Crippen LogP contribution >= 0.6 is 0 Å². The third kappa shape index (κ3) is 2.41. The second-order valence-electron chi connectivity index (χ2n) is 8.87. The van der Waals surface area contributed by atoms with E-state index >= 15 is 0 Å². The molecular formula is C22H30N2O3. The van der Waals surface area contributed by atoms with Crippen LogP contribution in [0.25, 0.3) is 0 Å². The number of hydrogen-bond donors (Lipinski definition) is 2. The fraction of sp³-hybridized carbons (Fsp3) is 0.636. The Bertz CT molecular complexity index is 777. The Morgan fingerprint density at radius 2 is 2.22 bits per heavy atom. The molecule has 2 bridgehead atoms. The number of nitrogens with one attached hydrogen (secondary N) is 1. The minimum Gasteiger partial charge on any atom is -0.488 e. The molecular weight excluding hydrogens is 340 g/mol. The van der Waals surface area contributed by atoms with Gasteiger partial charge in [-0.3, -0.25) is 0 Å². The number of hydrogen-bond acceptors (Lipinski definition) is 5. The minimum absolute atomic E-state index is 0.107. The third-order valence-electron chi connectivity index (χ3n) is 7.05. The number of nitrogens with zero attached hydrogens (tertiary/aromatic N) is 1. The van der Waals surface area contributed by atoms with Gasteiger partial charge in [-0.2, -0.15) is 0 Å². The van der Waals surface area contributed by atoms with Crippen molar-refractivity contribution in [1.29, 1.82) is 0 Å². The molecule has 146 valence electrons. The number of ether oxygens (including phenoxy) is 2. The van der Waals surface area contributed by atoms with Crippen molar-refractivity contribution >= 4 is 0 Å². The standard InChI is InChI=1S/C22H30N2O3/c1-13(2)23-9-11-26-18-7-4-14-12-16-15-5-6-17(25)21-22(15,8-10-24(16)3)19(14)20(18)27-21/h4-7,13,15-17,21,23,25H,8-12H2,1-3H3/t15-,16+,17-,21-,22-/m0/s1. The van der Waals surface area contributed by atoms with Gasteiger partial charge in [-0.15, -0.1) is 0 Å². The van der Waals surface area contributed by atoms with Crippen LogP contribution in [0.2, 0.25) is 0 Å². The summed E-state index contributed by atoms with van der Waals surface area (Å²) < 4.78 is 12.6. The van der Waals surface area contributed by atoms with Crippen molar-refractivity contribution in [3.05, 3.63) is 35.4 Å². The Balaban J connectivity index is 1.54. The van der Waals surface area contributed by atoms with Crippen LogP contribution in [0.4, 0.5) is 0 Å². The molecule has 4 aliphatic rings. The highest BCUT2D eigenvalue weighted by atomic mass is 16.5. The van der Waals surface area contributed by atoms with E-state index in [4.69, 9.17) is 9.47 Å². The molecule has 2 N–H and O–H groups in total. The monoisotopic (exact) mass is 370 g/mol. The van der Waals surface area contributed by atoms with E-state index in [1.165, 1.54) is 11.1 Å². The van der Waals surface area contributed by atoms with Gasteiger partial charge < -0.3 is 24.8 Å². The lowest BCUT2D eigenvalue weighted by atomic mass is 9.53. The molecule has 0 saturated carbocycles. The van der Waals surface area contributed by atoms with Gasteiger partial charge in [-0.05, 0) is 38.1 Å². The van der Waals surface area contributed by atoms with Crippen molar-refractivity contribution in [3.8, 4) is 11.5 Å². The molecule has 0 amide bonds. The Kier molecular flexibility index (Phi) is 4.04. The second kappa shape index (κ2) is 6.23. The summed E-state index contributed by atoms with van der Waals surface area (Å²) in [5, 5.41) is 14.1. The number of rotatable bonds is 5. The zero-order valence-corrected chi connectivity index (χ0v) is 16.4. The quantitative estimate of drug-likeness (QED) is 0.612. The van der Waals surface area contributed by atoms with E-state index in [2.05, 4.69) is 49.3 Å². The Morgan fingerprint density at radius 3 is 3.04 bits per heavy atom. The highest BCUT2D eigenvalue weighted by Gasteiger charge is 2.64. The fourth-order valence-corrected chi connectivity index (χ4v) is 5.85.